The smallest absolute Gasteiger partial charge is 0.337 e. The van der Waals surface area contributed by atoms with Gasteiger partial charge >= 0.3 is 5.97 Å². The van der Waals surface area contributed by atoms with Crippen LogP contribution in [-0.2, 0) is 9.53 Å². The lowest BCUT2D eigenvalue weighted by atomic mass is 10.1. The second kappa shape index (κ2) is 4.82. The van der Waals surface area contributed by atoms with Crippen LogP contribution in [0.15, 0.2) is 28.3 Å². The van der Waals surface area contributed by atoms with Gasteiger partial charge in [-0.25, -0.2) is 4.79 Å². The molecule has 0 aromatic heterocycles. The van der Waals surface area contributed by atoms with Gasteiger partial charge in [-0.05, 0) is 19.1 Å². The molecule has 0 heterocycles. The monoisotopic (exact) mass is 199 g/mol. The standard InChI is InChI=1S/C9H10ClNO2/c1-2-13-9(12)7-3-5-8(11-10)6-4-7/h3-5H,2,6H2,1H3. The van der Waals surface area contributed by atoms with Gasteiger partial charge in [-0.1, -0.05) is 6.08 Å². The van der Waals surface area contributed by atoms with E-state index < -0.39 is 0 Å². The lowest BCUT2D eigenvalue weighted by Crippen LogP contribution is -2.09. The zero-order valence-corrected chi connectivity index (χ0v) is 8.04. The first-order valence-electron chi connectivity index (χ1n) is 4.01. The van der Waals surface area contributed by atoms with Crippen LogP contribution in [0.1, 0.15) is 13.3 Å². The molecule has 0 aromatic rings. The van der Waals surface area contributed by atoms with E-state index in [1.165, 1.54) is 0 Å². The fourth-order valence-corrected chi connectivity index (χ4v) is 1.09. The second-order valence-corrected chi connectivity index (χ2v) is 2.66. The van der Waals surface area contributed by atoms with Crippen LogP contribution < -0.4 is 0 Å². The Bertz CT molecular complexity index is 292. The molecule has 1 aliphatic carbocycles. The molecule has 0 spiro atoms. The Morgan fingerprint density at radius 3 is 2.92 bits per heavy atom. The number of esters is 1. The summed E-state index contributed by atoms with van der Waals surface area (Å²) in [5.74, 6) is -0.299. The number of hydrogen-bond acceptors (Lipinski definition) is 3. The summed E-state index contributed by atoms with van der Waals surface area (Å²) in [6, 6.07) is 0. The zero-order chi connectivity index (χ0) is 9.68. The SMILES string of the molecule is CCOC(=O)C1=CCC(=NCl)C=C1. The van der Waals surface area contributed by atoms with Crippen molar-refractivity contribution in [1.29, 1.82) is 0 Å². The van der Waals surface area contributed by atoms with Crippen LogP contribution in [0.5, 0.6) is 0 Å². The first-order chi connectivity index (χ1) is 6.27. The van der Waals surface area contributed by atoms with E-state index in [1.807, 2.05) is 0 Å². The predicted molar refractivity (Wildman–Crippen MR) is 51.8 cm³/mol. The molecule has 0 fully saturated rings. The summed E-state index contributed by atoms with van der Waals surface area (Å²) in [6.07, 6.45) is 5.69. The van der Waals surface area contributed by atoms with Crippen molar-refractivity contribution in [2.45, 2.75) is 13.3 Å². The zero-order valence-electron chi connectivity index (χ0n) is 7.29. The summed E-state index contributed by atoms with van der Waals surface area (Å²) in [5, 5.41) is 0. The number of rotatable bonds is 2. The molecule has 0 atom stereocenters. The molecule has 1 aliphatic rings. The topological polar surface area (TPSA) is 38.7 Å². The lowest BCUT2D eigenvalue weighted by Gasteiger charge is -2.06. The van der Waals surface area contributed by atoms with Gasteiger partial charge in [0.05, 0.1) is 17.9 Å². The second-order valence-electron chi connectivity index (χ2n) is 2.49. The van der Waals surface area contributed by atoms with Gasteiger partial charge < -0.3 is 4.74 Å². The maximum Gasteiger partial charge on any atom is 0.337 e. The van der Waals surface area contributed by atoms with Gasteiger partial charge in [-0.15, -0.1) is 0 Å². The molecular weight excluding hydrogens is 190 g/mol. The highest BCUT2D eigenvalue weighted by atomic mass is 35.5. The summed E-state index contributed by atoms with van der Waals surface area (Å²) in [6.45, 7) is 2.16. The Kier molecular flexibility index (Phi) is 3.71. The molecule has 70 valence electrons. The predicted octanol–water partition coefficient (Wildman–Crippen LogP) is 2.03. The number of carbonyl (C=O) groups is 1. The fraction of sp³-hybridized carbons (Fsp3) is 0.333. The highest BCUT2D eigenvalue weighted by molar-refractivity contribution is 6.22. The maximum absolute atomic E-state index is 11.2. The molecule has 3 nitrogen and oxygen atoms in total. The Balaban J connectivity index is 2.62. The maximum atomic E-state index is 11.2. The van der Waals surface area contributed by atoms with Crippen LogP contribution in [0.3, 0.4) is 0 Å². The summed E-state index contributed by atoms with van der Waals surface area (Å²) in [5.41, 5.74) is 1.31. The van der Waals surface area contributed by atoms with Crippen molar-refractivity contribution in [2.75, 3.05) is 6.61 Å². The van der Waals surface area contributed by atoms with Crippen molar-refractivity contribution in [3.8, 4) is 0 Å². The van der Waals surface area contributed by atoms with Gasteiger partial charge in [-0.2, -0.15) is 4.51 Å². The van der Waals surface area contributed by atoms with E-state index in [0.717, 1.165) is 5.71 Å². The van der Waals surface area contributed by atoms with Crippen molar-refractivity contribution in [3.63, 3.8) is 0 Å². The van der Waals surface area contributed by atoms with Crippen molar-refractivity contribution in [2.24, 2.45) is 4.51 Å². The average molecular weight is 200 g/mol. The van der Waals surface area contributed by atoms with Gasteiger partial charge in [0, 0.05) is 18.2 Å². The molecule has 0 radical (unpaired) electrons. The number of ether oxygens (including phenoxy) is 1. The molecular formula is C9H10ClNO2. The van der Waals surface area contributed by atoms with Crippen molar-refractivity contribution >= 4 is 23.5 Å². The minimum Gasteiger partial charge on any atom is -0.462 e. The molecule has 0 aliphatic heterocycles. The third-order valence-electron chi connectivity index (χ3n) is 1.61. The first-order valence-corrected chi connectivity index (χ1v) is 4.35. The van der Waals surface area contributed by atoms with Crippen LogP contribution in [0.4, 0.5) is 0 Å². The number of allylic oxidation sites excluding steroid dienone is 2. The molecule has 1 rings (SSSR count). The minimum atomic E-state index is -0.299. The molecule has 0 N–H and O–H groups in total. The van der Waals surface area contributed by atoms with Gasteiger partial charge in [0.2, 0.25) is 0 Å². The fourth-order valence-electron chi connectivity index (χ4n) is 0.965. The number of nitrogens with zero attached hydrogens (tertiary/aromatic N) is 1. The minimum absolute atomic E-state index is 0.299. The van der Waals surface area contributed by atoms with Crippen LogP contribution in [0.25, 0.3) is 0 Å². The van der Waals surface area contributed by atoms with Gasteiger partial charge in [0.25, 0.3) is 0 Å². The van der Waals surface area contributed by atoms with E-state index in [4.69, 9.17) is 16.5 Å². The van der Waals surface area contributed by atoms with E-state index in [0.29, 0.717) is 18.6 Å². The molecule has 0 amide bonds. The van der Waals surface area contributed by atoms with E-state index in [9.17, 15) is 4.79 Å². The average Bonchev–Trinajstić information content (AvgIpc) is 2.18. The first kappa shape index (κ1) is 9.99. The summed E-state index contributed by atoms with van der Waals surface area (Å²) in [7, 11) is 0. The van der Waals surface area contributed by atoms with Crippen LogP contribution in [0, 0.1) is 0 Å². The molecule has 0 saturated heterocycles. The molecule has 13 heavy (non-hydrogen) atoms. The highest BCUT2D eigenvalue weighted by Crippen LogP contribution is 2.10. The quantitative estimate of drug-likeness (QED) is 0.639. The van der Waals surface area contributed by atoms with Gasteiger partial charge in [0.1, 0.15) is 0 Å². The van der Waals surface area contributed by atoms with Crippen LogP contribution in [-0.4, -0.2) is 18.3 Å². The van der Waals surface area contributed by atoms with Gasteiger partial charge in [-0.3, -0.25) is 0 Å². The Morgan fingerprint density at radius 2 is 2.46 bits per heavy atom. The molecule has 4 heteroatoms. The summed E-state index contributed by atoms with van der Waals surface area (Å²) >= 11 is 5.26. The molecule has 0 saturated carbocycles. The number of halogens is 1. The molecule has 0 bridgehead atoms. The molecule has 0 aromatic carbocycles. The summed E-state index contributed by atoms with van der Waals surface area (Å²) in [4.78, 5) is 11.2. The van der Waals surface area contributed by atoms with E-state index >= 15 is 0 Å². The largest absolute Gasteiger partial charge is 0.462 e. The van der Waals surface area contributed by atoms with E-state index in [-0.39, 0.29) is 5.97 Å². The van der Waals surface area contributed by atoms with Gasteiger partial charge in [0.15, 0.2) is 0 Å². The molecule has 0 unspecified atom stereocenters. The Hall–Kier alpha value is -1.09. The summed E-state index contributed by atoms with van der Waals surface area (Å²) < 4.78 is 8.31. The number of carbonyl (C=O) groups excluding carboxylic acids is 1. The third kappa shape index (κ3) is 2.70. The lowest BCUT2D eigenvalue weighted by molar-refractivity contribution is -0.138. The highest BCUT2D eigenvalue weighted by Gasteiger charge is 2.10. The normalized spacial score (nSPS) is 18.6. The number of hydrogen-bond donors (Lipinski definition) is 0. The van der Waals surface area contributed by atoms with Crippen LogP contribution in [0.2, 0.25) is 0 Å². The van der Waals surface area contributed by atoms with Crippen molar-refractivity contribution < 1.29 is 9.53 Å². The Morgan fingerprint density at radius 1 is 1.69 bits per heavy atom. The third-order valence-corrected chi connectivity index (χ3v) is 1.82. The Labute approximate surface area is 81.9 Å². The van der Waals surface area contributed by atoms with E-state index in [1.54, 1.807) is 25.2 Å². The van der Waals surface area contributed by atoms with E-state index in [2.05, 4.69) is 4.51 Å². The van der Waals surface area contributed by atoms with Crippen molar-refractivity contribution in [1.82, 2.24) is 0 Å². The van der Waals surface area contributed by atoms with Crippen molar-refractivity contribution in [3.05, 3.63) is 23.8 Å². The van der Waals surface area contributed by atoms with Crippen LogP contribution >= 0.6 is 11.8 Å².